The standard InChI is InChI=1S/C11H10BrFN2O/c12-9-5-7(1-4-10(9)13)6-14-15-11(16)8-2-3-8/h1,4-6,8H,2-3H2,(H,15,16)/b14-6-. The lowest BCUT2D eigenvalue weighted by Gasteiger charge is -1.97. The smallest absolute Gasteiger partial charge is 0.243 e. The Kier molecular flexibility index (Phi) is 3.33. The molecule has 0 spiro atoms. The van der Waals surface area contributed by atoms with Gasteiger partial charge in [0.1, 0.15) is 5.82 Å². The maximum atomic E-state index is 12.9. The van der Waals surface area contributed by atoms with Crippen molar-refractivity contribution in [1.82, 2.24) is 5.43 Å². The number of hydrogen-bond donors (Lipinski definition) is 1. The lowest BCUT2D eigenvalue weighted by Crippen LogP contribution is -2.18. The van der Waals surface area contributed by atoms with Crippen molar-refractivity contribution in [2.75, 3.05) is 0 Å². The third-order valence-corrected chi connectivity index (χ3v) is 2.89. The lowest BCUT2D eigenvalue weighted by atomic mass is 10.2. The number of hydrazone groups is 1. The van der Waals surface area contributed by atoms with E-state index in [9.17, 15) is 9.18 Å². The average molecular weight is 285 g/mol. The summed E-state index contributed by atoms with van der Waals surface area (Å²) in [7, 11) is 0. The van der Waals surface area contributed by atoms with E-state index in [-0.39, 0.29) is 17.6 Å². The van der Waals surface area contributed by atoms with Gasteiger partial charge in [-0.15, -0.1) is 0 Å². The molecule has 0 aromatic heterocycles. The fourth-order valence-corrected chi connectivity index (χ4v) is 1.60. The zero-order valence-corrected chi connectivity index (χ0v) is 10.00. The molecule has 1 saturated carbocycles. The molecule has 0 bridgehead atoms. The van der Waals surface area contributed by atoms with Gasteiger partial charge in [-0.25, -0.2) is 9.82 Å². The molecule has 0 aliphatic heterocycles. The van der Waals surface area contributed by atoms with Crippen LogP contribution in [0.25, 0.3) is 0 Å². The second-order valence-corrected chi connectivity index (χ2v) is 4.54. The molecule has 16 heavy (non-hydrogen) atoms. The minimum atomic E-state index is -0.320. The molecule has 0 atom stereocenters. The van der Waals surface area contributed by atoms with Gasteiger partial charge in [-0.05, 0) is 46.5 Å². The van der Waals surface area contributed by atoms with Gasteiger partial charge in [0.2, 0.25) is 5.91 Å². The number of carbonyl (C=O) groups excluding carboxylic acids is 1. The molecule has 5 heteroatoms. The van der Waals surface area contributed by atoms with Crippen LogP contribution in [0.15, 0.2) is 27.8 Å². The Morgan fingerprint density at radius 2 is 2.31 bits per heavy atom. The zero-order chi connectivity index (χ0) is 11.5. The molecule has 0 heterocycles. The number of carbonyl (C=O) groups is 1. The van der Waals surface area contributed by atoms with Crippen LogP contribution in [0.3, 0.4) is 0 Å². The number of halogens is 2. The van der Waals surface area contributed by atoms with Crippen molar-refractivity contribution in [2.45, 2.75) is 12.8 Å². The highest BCUT2D eigenvalue weighted by atomic mass is 79.9. The van der Waals surface area contributed by atoms with Crippen LogP contribution < -0.4 is 5.43 Å². The van der Waals surface area contributed by atoms with Gasteiger partial charge < -0.3 is 0 Å². The van der Waals surface area contributed by atoms with Gasteiger partial charge in [0.15, 0.2) is 0 Å². The van der Waals surface area contributed by atoms with Gasteiger partial charge in [0.25, 0.3) is 0 Å². The third kappa shape index (κ3) is 2.88. The first-order valence-corrected chi connectivity index (χ1v) is 5.74. The normalized spacial score (nSPS) is 15.4. The van der Waals surface area contributed by atoms with Crippen LogP contribution in [0, 0.1) is 11.7 Å². The highest BCUT2D eigenvalue weighted by Gasteiger charge is 2.29. The molecule has 84 valence electrons. The highest BCUT2D eigenvalue weighted by Crippen LogP contribution is 2.28. The maximum Gasteiger partial charge on any atom is 0.243 e. The van der Waals surface area contributed by atoms with Crippen molar-refractivity contribution >= 4 is 28.1 Å². The molecule has 1 N–H and O–H groups in total. The van der Waals surface area contributed by atoms with Gasteiger partial charge in [-0.1, -0.05) is 6.07 Å². The molecule has 1 aromatic rings. The molecule has 0 unspecified atom stereocenters. The number of amides is 1. The molecule has 0 radical (unpaired) electrons. The molecular formula is C11H10BrFN2O. The molecule has 1 aromatic carbocycles. The quantitative estimate of drug-likeness (QED) is 0.672. The summed E-state index contributed by atoms with van der Waals surface area (Å²) >= 11 is 3.08. The van der Waals surface area contributed by atoms with Gasteiger partial charge in [0.05, 0.1) is 10.7 Å². The molecular weight excluding hydrogens is 275 g/mol. The summed E-state index contributed by atoms with van der Waals surface area (Å²) < 4.78 is 13.3. The van der Waals surface area contributed by atoms with E-state index in [1.165, 1.54) is 12.3 Å². The molecule has 1 fully saturated rings. The van der Waals surface area contributed by atoms with E-state index < -0.39 is 0 Å². The summed E-state index contributed by atoms with van der Waals surface area (Å²) in [6, 6.07) is 4.53. The fourth-order valence-electron chi connectivity index (χ4n) is 1.20. The van der Waals surface area contributed by atoms with Crippen molar-refractivity contribution < 1.29 is 9.18 Å². The minimum Gasteiger partial charge on any atom is -0.273 e. The van der Waals surface area contributed by atoms with Crippen LogP contribution in [0.1, 0.15) is 18.4 Å². The minimum absolute atomic E-state index is 0.0440. The first-order chi connectivity index (χ1) is 7.66. The number of nitrogens with one attached hydrogen (secondary N) is 1. The predicted octanol–water partition coefficient (Wildman–Crippen LogP) is 2.45. The van der Waals surface area contributed by atoms with E-state index in [1.807, 2.05) is 0 Å². The number of hydrogen-bond acceptors (Lipinski definition) is 2. The van der Waals surface area contributed by atoms with E-state index >= 15 is 0 Å². The third-order valence-electron chi connectivity index (χ3n) is 2.28. The van der Waals surface area contributed by atoms with E-state index in [0.717, 1.165) is 18.4 Å². The van der Waals surface area contributed by atoms with Crippen molar-refractivity contribution in [2.24, 2.45) is 11.0 Å². The summed E-state index contributed by atoms with van der Waals surface area (Å²) in [6.07, 6.45) is 3.39. The average Bonchev–Trinajstić information content (AvgIpc) is 3.07. The van der Waals surface area contributed by atoms with E-state index in [0.29, 0.717) is 4.47 Å². The topological polar surface area (TPSA) is 41.5 Å². The van der Waals surface area contributed by atoms with Crippen molar-refractivity contribution in [3.05, 3.63) is 34.1 Å². The van der Waals surface area contributed by atoms with Gasteiger partial charge >= 0.3 is 0 Å². The van der Waals surface area contributed by atoms with Crippen LogP contribution in [-0.4, -0.2) is 12.1 Å². The number of nitrogens with zero attached hydrogens (tertiary/aromatic N) is 1. The van der Waals surface area contributed by atoms with Crippen molar-refractivity contribution in [1.29, 1.82) is 0 Å². The molecule has 3 nitrogen and oxygen atoms in total. The van der Waals surface area contributed by atoms with E-state index in [1.54, 1.807) is 12.1 Å². The van der Waals surface area contributed by atoms with E-state index in [4.69, 9.17) is 0 Å². The lowest BCUT2D eigenvalue weighted by molar-refractivity contribution is -0.122. The first kappa shape index (κ1) is 11.3. The molecule has 1 aliphatic carbocycles. The van der Waals surface area contributed by atoms with Gasteiger partial charge in [-0.3, -0.25) is 4.79 Å². The van der Waals surface area contributed by atoms with Crippen LogP contribution in [-0.2, 0) is 4.79 Å². The van der Waals surface area contributed by atoms with Gasteiger partial charge in [0, 0.05) is 5.92 Å². The Morgan fingerprint density at radius 3 is 2.94 bits per heavy atom. The summed E-state index contributed by atoms with van der Waals surface area (Å²) in [6.45, 7) is 0. The van der Waals surface area contributed by atoms with E-state index in [2.05, 4.69) is 26.5 Å². The second kappa shape index (κ2) is 4.74. The van der Waals surface area contributed by atoms with Crippen LogP contribution in [0.2, 0.25) is 0 Å². The van der Waals surface area contributed by atoms with Crippen molar-refractivity contribution in [3.63, 3.8) is 0 Å². The Hall–Kier alpha value is -1.23. The summed E-state index contributed by atoms with van der Waals surface area (Å²) in [4.78, 5) is 11.2. The number of rotatable bonds is 3. The maximum absolute atomic E-state index is 12.9. The van der Waals surface area contributed by atoms with Crippen LogP contribution >= 0.6 is 15.9 Å². The Balaban J connectivity index is 1.94. The predicted molar refractivity (Wildman–Crippen MR) is 62.6 cm³/mol. The number of benzene rings is 1. The Morgan fingerprint density at radius 1 is 1.56 bits per heavy atom. The summed E-state index contributed by atoms with van der Waals surface area (Å²) in [5.41, 5.74) is 3.17. The molecule has 0 saturated heterocycles. The fraction of sp³-hybridized carbons (Fsp3) is 0.273. The van der Waals surface area contributed by atoms with Crippen LogP contribution in [0.5, 0.6) is 0 Å². The highest BCUT2D eigenvalue weighted by molar-refractivity contribution is 9.10. The Labute approximate surface area is 101 Å². The summed E-state index contributed by atoms with van der Waals surface area (Å²) in [5, 5.41) is 3.81. The van der Waals surface area contributed by atoms with Crippen LogP contribution in [0.4, 0.5) is 4.39 Å². The monoisotopic (exact) mass is 284 g/mol. The zero-order valence-electron chi connectivity index (χ0n) is 8.41. The Bertz CT molecular complexity index is 444. The molecule has 1 aliphatic rings. The van der Waals surface area contributed by atoms with Crippen molar-refractivity contribution in [3.8, 4) is 0 Å². The second-order valence-electron chi connectivity index (χ2n) is 3.68. The SMILES string of the molecule is O=C(N/N=C\c1ccc(F)c(Br)c1)C1CC1. The largest absolute Gasteiger partial charge is 0.273 e. The summed E-state index contributed by atoms with van der Waals surface area (Å²) in [5.74, 6) is -0.228. The first-order valence-electron chi connectivity index (χ1n) is 4.95. The van der Waals surface area contributed by atoms with Gasteiger partial charge in [-0.2, -0.15) is 5.10 Å². The molecule has 1 amide bonds. The molecule has 2 rings (SSSR count).